The van der Waals surface area contributed by atoms with Gasteiger partial charge in [-0.05, 0) is 55.8 Å². The number of hydrogen-bond donors (Lipinski definition) is 2. The molecule has 1 fully saturated rings. The third kappa shape index (κ3) is 4.78. The second-order valence-corrected chi connectivity index (χ2v) is 6.73. The lowest BCUT2D eigenvalue weighted by atomic mass is 10.2. The summed E-state index contributed by atoms with van der Waals surface area (Å²) in [7, 11) is 1.61. The van der Waals surface area contributed by atoms with Crippen molar-refractivity contribution in [2.45, 2.75) is 18.9 Å². The van der Waals surface area contributed by atoms with Gasteiger partial charge in [-0.25, -0.2) is 9.97 Å². The van der Waals surface area contributed by atoms with Crippen molar-refractivity contribution in [1.29, 1.82) is 0 Å². The number of ether oxygens (including phenoxy) is 2. The molecule has 0 spiro atoms. The zero-order valence-electron chi connectivity index (χ0n) is 16.1. The van der Waals surface area contributed by atoms with E-state index >= 15 is 0 Å². The number of aromatic nitrogens is 3. The summed E-state index contributed by atoms with van der Waals surface area (Å²) < 4.78 is 24.4. The molecule has 2 aromatic heterocycles. The number of nitrogens with one attached hydrogen (secondary N) is 2. The predicted molar refractivity (Wildman–Crippen MR) is 108 cm³/mol. The summed E-state index contributed by atoms with van der Waals surface area (Å²) in [6.45, 7) is 1.79. The van der Waals surface area contributed by atoms with Crippen LogP contribution in [0.25, 0.3) is 11.4 Å². The van der Waals surface area contributed by atoms with Crippen LogP contribution in [-0.4, -0.2) is 41.2 Å². The molecule has 1 aliphatic heterocycles. The molecule has 3 heterocycles. The van der Waals surface area contributed by atoms with Crippen molar-refractivity contribution in [2.24, 2.45) is 0 Å². The second-order valence-electron chi connectivity index (χ2n) is 6.73. The summed E-state index contributed by atoms with van der Waals surface area (Å²) in [6, 6.07) is 10.5. The Hall–Kier alpha value is -3.26. The van der Waals surface area contributed by atoms with Crippen LogP contribution in [0.1, 0.15) is 12.8 Å². The van der Waals surface area contributed by atoms with E-state index < -0.39 is 5.95 Å². The number of benzene rings is 1. The summed E-state index contributed by atoms with van der Waals surface area (Å²) in [4.78, 5) is 12.6. The number of methoxy groups -OCH3 is 1. The van der Waals surface area contributed by atoms with E-state index in [-0.39, 0.29) is 0 Å². The fourth-order valence-electron chi connectivity index (χ4n) is 3.13. The van der Waals surface area contributed by atoms with Gasteiger partial charge in [0.05, 0.1) is 13.3 Å². The minimum absolute atomic E-state index is 0.391. The first-order valence-electron chi connectivity index (χ1n) is 9.49. The number of halogens is 1. The highest BCUT2D eigenvalue weighted by Crippen LogP contribution is 2.30. The number of hydrogen-bond acceptors (Lipinski definition) is 7. The maximum atomic E-state index is 13.1. The lowest BCUT2D eigenvalue weighted by Crippen LogP contribution is -2.29. The van der Waals surface area contributed by atoms with Crippen molar-refractivity contribution >= 4 is 5.69 Å². The monoisotopic (exact) mass is 395 g/mol. The number of rotatable bonds is 7. The zero-order chi connectivity index (χ0) is 20.1. The summed E-state index contributed by atoms with van der Waals surface area (Å²) >= 11 is 0. The first-order valence-corrected chi connectivity index (χ1v) is 9.49. The first-order chi connectivity index (χ1) is 14.2. The van der Waals surface area contributed by atoms with Crippen molar-refractivity contribution in [2.75, 3.05) is 25.5 Å². The molecule has 8 heteroatoms. The van der Waals surface area contributed by atoms with Crippen LogP contribution in [0.3, 0.4) is 0 Å². The zero-order valence-corrected chi connectivity index (χ0v) is 16.1. The average Bonchev–Trinajstić information content (AvgIpc) is 3.28. The Morgan fingerprint density at radius 2 is 1.93 bits per heavy atom. The summed E-state index contributed by atoms with van der Waals surface area (Å²) in [5.41, 5.74) is 1.29. The van der Waals surface area contributed by atoms with Crippen molar-refractivity contribution in [3.05, 3.63) is 54.7 Å². The van der Waals surface area contributed by atoms with E-state index in [1.165, 1.54) is 18.7 Å². The average molecular weight is 395 g/mol. The van der Waals surface area contributed by atoms with Gasteiger partial charge in [-0.1, -0.05) is 0 Å². The van der Waals surface area contributed by atoms with Gasteiger partial charge in [-0.2, -0.15) is 9.37 Å². The van der Waals surface area contributed by atoms with Gasteiger partial charge in [-0.15, -0.1) is 0 Å². The maximum Gasteiger partial charge on any atom is 0.246 e. The Labute approximate surface area is 168 Å². The molecule has 29 heavy (non-hydrogen) atoms. The Morgan fingerprint density at radius 1 is 1.10 bits per heavy atom. The molecule has 3 aromatic rings. The van der Waals surface area contributed by atoms with Gasteiger partial charge in [0, 0.05) is 24.3 Å². The molecular formula is C21H22FN5O2. The van der Waals surface area contributed by atoms with Crippen molar-refractivity contribution in [3.63, 3.8) is 0 Å². The molecule has 1 aromatic carbocycles. The van der Waals surface area contributed by atoms with E-state index in [2.05, 4.69) is 25.6 Å². The topological polar surface area (TPSA) is 81.2 Å². The minimum atomic E-state index is -0.550. The van der Waals surface area contributed by atoms with Gasteiger partial charge in [0.15, 0.2) is 5.82 Å². The smallest absolute Gasteiger partial charge is 0.246 e. The molecule has 4 rings (SSSR count). The standard InChI is InChI=1S/C21H22FN5O2/c1-28-16-5-7-17(8-6-16)29-21-18(24-12-15-3-2-10-23-15)13-26-20(27-21)14-4-9-19(22)25-11-14/h4-9,11,13,15,23-24H,2-3,10,12H2,1H3/t15-/m0/s1. The first kappa shape index (κ1) is 19.1. The van der Waals surface area contributed by atoms with Crippen LogP contribution in [0.5, 0.6) is 17.4 Å². The summed E-state index contributed by atoms with van der Waals surface area (Å²) in [5.74, 6) is 1.61. The second kappa shape index (κ2) is 8.83. The highest BCUT2D eigenvalue weighted by atomic mass is 19.1. The lowest BCUT2D eigenvalue weighted by molar-refractivity contribution is 0.412. The quantitative estimate of drug-likeness (QED) is 0.591. The number of pyridine rings is 1. The van der Waals surface area contributed by atoms with Crippen LogP contribution in [0.4, 0.5) is 10.1 Å². The van der Waals surface area contributed by atoms with Crippen LogP contribution >= 0.6 is 0 Å². The van der Waals surface area contributed by atoms with Gasteiger partial charge in [-0.3, -0.25) is 0 Å². The third-order valence-electron chi connectivity index (χ3n) is 4.71. The van der Waals surface area contributed by atoms with Gasteiger partial charge >= 0.3 is 0 Å². The fourth-order valence-corrected chi connectivity index (χ4v) is 3.13. The number of nitrogens with zero attached hydrogens (tertiary/aromatic N) is 3. The highest BCUT2D eigenvalue weighted by Gasteiger charge is 2.16. The van der Waals surface area contributed by atoms with E-state index in [0.29, 0.717) is 34.7 Å². The van der Waals surface area contributed by atoms with Gasteiger partial charge in [0.25, 0.3) is 0 Å². The van der Waals surface area contributed by atoms with E-state index in [1.807, 2.05) is 24.3 Å². The molecular weight excluding hydrogens is 373 g/mol. The molecule has 0 aliphatic carbocycles. The van der Waals surface area contributed by atoms with Gasteiger partial charge in [0.2, 0.25) is 11.8 Å². The molecule has 0 amide bonds. The van der Waals surface area contributed by atoms with Crippen LogP contribution in [0.15, 0.2) is 48.8 Å². The molecule has 0 unspecified atom stereocenters. The van der Waals surface area contributed by atoms with Crippen molar-refractivity contribution < 1.29 is 13.9 Å². The van der Waals surface area contributed by atoms with Crippen LogP contribution < -0.4 is 20.1 Å². The SMILES string of the molecule is COc1ccc(Oc2nc(-c3ccc(F)nc3)ncc2NC[C@@H]2CCCN2)cc1. The van der Waals surface area contributed by atoms with E-state index in [1.54, 1.807) is 19.4 Å². The minimum Gasteiger partial charge on any atom is -0.497 e. The molecule has 7 nitrogen and oxygen atoms in total. The molecule has 0 radical (unpaired) electrons. The van der Waals surface area contributed by atoms with Crippen molar-refractivity contribution in [1.82, 2.24) is 20.3 Å². The Kier molecular flexibility index (Phi) is 5.81. The highest BCUT2D eigenvalue weighted by molar-refractivity contribution is 5.60. The predicted octanol–water partition coefficient (Wildman–Crippen LogP) is 3.64. The summed E-state index contributed by atoms with van der Waals surface area (Å²) in [6.07, 6.45) is 5.38. The van der Waals surface area contributed by atoms with Gasteiger partial charge in [0.1, 0.15) is 17.2 Å². The fraction of sp³-hybridized carbons (Fsp3) is 0.286. The van der Waals surface area contributed by atoms with E-state index in [0.717, 1.165) is 25.3 Å². The molecule has 1 atom stereocenters. The number of anilines is 1. The lowest BCUT2D eigenvalue weighted by Gasteiger charge is -2.16. The largest absolute Gasteiger partial charge is 0.497 e. The molecule has 0 saturated carbocycles. The molecule has 1 aliphatic rings. The van der Waals surface area contributed by atoms with Crippen LogP contribution in [0.2, 0.25) is 0 Å². The Balaban J connectivity index is 1.60. The van der Waals surface area contributed by atoms with Crippen LogP contribution in [0, 0.1) is 5.95 Å². The summed E-state index contributed by atoms with van der Waals surface area (Å²) in [5, 5.41) is 6.82. The maximum absolute atomic E-state index is 13.1. The molecule has 1 saturated heterocycles. The Morgan fingerprint density at radius 3 is 2.62 bits per heavy atom. The van der Waals surface area contributed by atoms with E-state index in [9.17, 15) is 4.39 Å². The van der Waals surface area contributed by atoms with Crippen molar-refractivity contribution in [3.8, 4) is 28.8 Å². The van der Waals surface area contributed by atoms with Crippen LogP contribution in [-0.2, 0) is 0 Å². The molecule has 150 valence electrons. The normalized spacial score (nSPS) is 15.9. The molecule has 0 bridgehead atoms. The Bertz CT molecular complexity index is 944. The molecule has 2 N–H and O–H groups in total. The third-order valence-corrected chi connectivity index (χ3v) is 4.71. The van der Waals surface area contributed by atoms with Gasteiger partial charge < -0.3 is 20.1 Å². The van der Waals surface area contributed by atoms with E-state index in [4.69, 9.17) is 9.47 Å².